The second-order valence-corrected chi connectivity index (χ2v) is 5.53. The number of ether oxygens (including phenoxy) is 1. The predicted molar refractivity (Wildman–Crippen MR) is 90.3 cm³/mol. The highest BCUT2D eigenvalue weighted by Crippen LogP contribution is 2.36. The Balaban J connectivity index is 1.77. The van der Waals surface area contributed by atoms with Gasteiger partial charge in [-0.15, -0.1) is 0 Å². The highest BCUT2D eigenvalue weighted by Gasteiger charge is 2.29. The maximum absolute atomic E-state index is 5.21. The third kappa shape index (κ3) is 2.21. The van der Waals surface area contributed by atoms with E-state index >= 15 is 0 Å². The van der Waals surface area contributed by atoms with E-state index < -0.39 is 0 Å². The lowest BCUT2D eigenvalue weighted by atomic mass is 10.2. The Hall–Kier alpha value is -3.22. The van der Waals surface area contributed by atoms with Crippen molar-refractivity contribution < 1.29 is 4.74 Å². The summed E-state index contributed by atoms with van der Waals surface area (Å²) < 4.78 is 6.90. The molecule has 24 heavy (non-hydrogen) atoms. The maximum Gasteiger partial charge on any atom is 0.187 e. The number of rotatable bonds is 3. The van der Waals surface area contributed by atoms with Crippen molar-refractivity contribution in [3.8, 4) is 17.3 Å². The summed E-state index contributed by atoms with van der Waals surface area (Å²) in [5.41, 5.74) is 2.66. The van der Waals surface area contributed by atoms with Gasteiger partial charge in [0.2, 0.25) is 0 Å². The van der Waals surface area contributed by atoms with Gasteiger partial charge in [-0.1, -0.05) is 18.7 Å². The van der Waals surface area contributed by atoms with Crippen LogP contribution in [0.15, 0.2) is 43.4 Å². The van der Waals surface area contributed by atoms with Crippen molar-refractivity contribution in [3.63, 3.8) is 0 Å². The summed E-state index contributed by atoms with van der Waals surface area (Å²) in [6.45, 7) is 6.67. The Bertz CT molecular complexity index is 915. The zero-order chi connectivity index (χ0) is 16.7. The van der Waals surface area contributed by atoms with E-state index in [1.807, 2.05) is 36.1 Å². The number of anilines is 1. The van der Waals surface area contributed by atoms with E-state index in [1.165, 1.54) is 6.33 Å². The summed E-state index contributed by atoms with van der Waals surface area (Å²) >= 11 is 0. The smallest absolute Gasteiger partial charge is 0.187 e. The van der Waals surface area contributed by atoms with Gasteiger partial charge in [0.25, 0.3) is 0 Å². The van der Waals surface area contributed by atoms with Crippen LogP contribution in [0.3, 0.4) is 0 Å². The van der Waals surface area contributed by atoms with Crippen molar-refractivity contribution in [2.24, 2.45) is 0 Å². The normalized spacial score (nSPS) is 12.8. The van der Waals surface area contributed by atoms with Crippen molar-refractivity contribution in [1.29, 1.82) is 0 Å². The number of aryl methyl sites for hydroxylation is 1. The Morgan fingerprint density at radius 1 is 1.17 bits per heavy atom. The van der Waals surface area contributed by atoms with Crippen molar-refractivity contribution in [1.82, 2.24) is 24.7 Å². The van der Waals surface area contributed by atoms with Crippen LogP contribution in [0.25, 0.3) is 17.3 Å². The Labute approximate surface area is 139 Å². The molecule has 1 aliphatic heterocycles. The summed E-state index contributed by atoms with van der Waals surface area (Å²) in [5, 5.41) is 4.26. The van der Waals surface area contributed by atoms with Crippen LogP contribution in [0.4, 0.5) is 5.82 Å². The molecule has 0 atom stereocenters. The van der Waals surface area contributed by atoms with E-state index in [0.29, 0.717) is 23.9 Å². The lowest BCUT2D eigenvalue weighted by Gasteiger charge is -2.31. The van der Waals surface area contributed by atoms with E-state index in [1.54, 1.807) is 18.0 Å². The number of hydrogen-bond donors (Lipinski definition) is 0. The zero-order valence-electron chi connectivity index (χ0n) is 13.5. The van der Waals surface area contributed by atoms with Crippen LogP contribution in [0.2, 0.25) is 0 Å². The molecule has 0 saturated carbocycles. The molecule has 0 spiro atoms. The van der Waals surface area contributed by atoms with Crippen LogP contribution in [0.5, 0.6) is 5.75 Å². The highest BCUT2D eigenvalue weighted by molar-refractivity contribution is 5.81. The van der Waals surface area contributed by atoms with Gasteiger partial charge in [-0.05, 0) is 24.6 Å². The lowest BCUT2D eigenvalue weighted by molar-refractivity contribution is 0.414. The maximum atomic E-state index is 5.21. The number of nitrogens with zero attached hydrogens (tertiary/aromatic N) is 6. The minimum absolute atomic E-state index is 0.604. The number of methoxy groups -OCH3 is 1. The van der Waals surface area contributed by atoms with Crippen LogP contribution in [0, 0.1) is 6.92 Å². The van der Waals surface area contributed by atoms with E-state index in [-0.39, 0.29) is 0 Å². The first kappa shape index (κ1) is 14.4. The van der Waals surface area contributed by atoms with Gasteiger partial charge in [-0.25, -0.2) is 15.0 Å². The molecule has 3 aromatic rings. The molecular formula is C17H16N6O. The topological polar surface area (TPSA) is 69.0 Å². The van der Waals surface area contributed by atoms with Crippen LogP contribution in [-0.4, -0.2) is 31.8 Å². The van der Waals surface area contributed by atoms with E-state index in [9.17, 15) is 0 Å². The number of aromatic nitrogens is 5. The predicted octanol–water partition coefficient (Wildman–Crippen LogP) is 2.50. The van der Waals surface area contributed by atoms with Gasteiger partial charge in [0.05, 0.1) is 25.5 Å². The van der Waals surface area contributed by atoms with Crippen molar-refractivity contribution in [2.75, 3.05) is 12.0 Å². The zero-order valence-corrected chi connectivity index (χ0v) is 13.5. The molecular weight excluding hydrogens is 304 g/mol. The average Bonchev–Trinajstić information content (AvgIpc) is 3.09. The Morgan fingerprint density at radius 2 is 1.96 bits per heavy atom. The molecule has 0 radical (unpaired) electrons. The Kier molecular flexibility index (Phi) is 3.26. The first-order chi connectivity index (χ1) is 11.7. The molecule has 120 valence electrons. The molecule has 7 nitrogen and oxygen atoms in total. The molecule has 0 saturated heterocycles. The lowest BCUT2D eigenvalue weighted by Crippen LogP contribution is -2.30. The fourth-order valence-corrected chi connectivity index (χ4v) is 2.73. The first-order valence-electron chi connectivity index (χ1n) is 7.51. The standard InChI is InChI=1S/C17H16N6O/c1-11-8-18-16-15(21-11)17-19-10-20-23(17)12(2)22(16)9-13-4-6-14(24-3)7-5-13/h4-8,10H,2,9H2,1,3H3. The number of hydrogen-bond acceptors (Lipinski definition) is 6. The molecule has 0 bridgehead atoms. The first-order valence-corrected chi connectivity index (χ1v) is 7.51. The summed E-state index contributed by atoms with van der Waals surface area (Å²) in [6, 6.07) is 7.91. The molecule has 0 amide bonds. The van der Waals surface area contributed by atoms with Gasteiger partial charge in [0.15, 0.2) is 17.3 Å². The minimum atomic E-state index is 0.604. The van der Waals surface area contributed by atoms with Crippen LogP contribution in [-0.2, 0) is 6.54 Å². The second kappa shape index (κ2) is 5.45. The molecule has 0 fully saturated rings. The van der Waals surface area contributed by atoms with Crippen molar-refractivity contribution in [3.05, 3.63) is 54.6 Å². The third-order valence-corrected chi connectivity index (χ3v) is 3.94. The quantitative estimate of drug-likeness (QED) is 0.738. The molecule has 1 aromatic carbocycles. The fraction of sp³-hybridized carbons (Fsp3) is 0.176. The van der Waals surface area contributed by atoms with Gasteiger partial charge < -0.3 is 9.64 Å². The van der Waals surface area contributed by atoms with Gasteiger partial charge >= 0.3 is 0 Å². The summed E-state index contributed by atoms with van der Waals surface area (Å²) in [5.74, 6) is 2.92. The molecule has 4 rings (SSSR count). The molecule has 0 N–H and O–H groups in total. The van der Waals surface area contributed by atoms with E-state index in [2.05, 4.69) is 26.6 Å². The minimum Gasteiger partial charge on any atom is -0.497 e. The van der Waals surface area contributed by atoms with Gasteiger partial charge in [0.1, 0.15) is 17.9 Å². The summed E-state index contributed by atoms with van der Waals surface area (Å²) in [7, 11) is 1.65. The van der Waals surface area contributed by atoms with Crippen LogP contribution >= 0.6 is 0 Å². The van der Waals surface area contributed by atoms with Crippen LogP contribution in [0.1, 0.15) is 11.3 Å². The van der Waals surface area contributed by atoms with E-state index in [4.69, 9.17) is 4.74 Å². The van der Waals surface area contributed by atoms with Crippen molar-refractivity contribution in [2.45, 2.75) is 13.5 Å². The molecule has 7 heteroatoms. The number of benzene rings is 1. The average molecular weight is 320 g/mol. The van der Waals surface area contributed by atoms with Gasteiger partial charge in [0, 0.05) is 0 Å². The molecule has 3 heterocycles. The summed E-state index contributed by atoms with van der Waals surface area (Å²) in [6.07, 6.45) is 3.25. The van der Waals surface area contributed by atoms with Gasteiger partial charge in [-0.2, -0.15) is 9.78 Å². The fourth-order valence-electron chi connectivity index (χ4n) is 2.73. The molecule has 1 aliphatic rings. The molecule has 0 unspecified atom stereocenters. The Morgan fingerprint density at radius 3 is 2.71 bits per heavy atom. The second-order valence-electron chi connectivity index (χ2n) is 5.53. The molecule has 2 aromatic heterocycles. The van der Waals surface area contributed by atoms with E-state index in [0.717, 1.165) is 22.8 Å². The van der Waals surface area contributed by atoms with Crippen LogP contribution < -0.4 is 9.64 Å². The third-order valence-electron chi connectivity index (χ3n) is 3.94. The highest BCUT2D eigenvalue weighted by atomic mass is 16.5. The van der Waals surface area contributed by atoms with Crippen molar-refractivity contribution >= 4 is 11.6 Å². The summed E-state index contributed by atoms with van der Waals surface area (Å²) in [4.78, 5) is 15.4. The monoisotopic (exact) mass is 320 g/mol. The van der Waals surface area contributed by atoms with Gasteiger partial charge in [-0.3, -0.25) is 0 Å². The number of fused-ring (bicyclic) bond motifs is 3. The SMILES string of the molecule is C=C1N(Cc2ccc(OC)cc2)c2ncc(C)nc2-c2ncnn21. The largest absolute Gasteiger partial charge is 0.497 e. The molecule has 0 aliphatic carbocycles.